The fourth-order valence-electron chi connectivity index (χ4n) is 3.78. The van der Waals surface area contributed by atoms with Gasteiger partial charge in [-0.2, -0.15) is 0 Å². The lowest BCUT2D eigenvalue weighted by atomic mass is 10.1. The van der Waals surface area contributed by atoms with Crippen molar-refractivity contribution in [3.05, 3.63) is 28.6 Å². The molecular weight excluding hydrogens is 366 g/mol. The fourth-order valence-corrected chi connectivity index (χ4v) is 5.41. The third-order valence-corrected chi connectivity index (χ3v) is 7.19. The van der Waals surface area contributed by atoms with Crippen molar-refractivity contribution >= 4 is 34.5 Å². The number of thiazole rings is 1. The van der Waals surface area contributed by atoms with Crippen LogP contribution in [0.4, 0.5) is 0 Å². The molecule has 26 heavy (non-hydrogen) atoms. The Morgan fingerprint density at radius 3 is 2.50 bits per heavy atom. The molecular formula is C19H23N3O2S2. The standard InChI is InChI=1S/C19H23N3O2S2/c23-17(12-15-13-26-18(20-15)16-6-3-11-25-16)21-7-9-22(10-8-21)19(24)14-4-1-2-5-14/h3,6,11,13-14H,1-2,4-5,7-10,12H2. The van der Waals surface area contributed by atoms with Gasteiger partial charge in [-0.05, 0) is 24.3 Å². The molecule has 0 aromatic carbocycles. The Morgan fingerprint density at radius 2 is 1.81 bits per heavy atom. The van der Waals surface area contributed by atoms with Crippen LogP contribution < -0.4 is 0 Å². The molecule has 0 bridgehead atoms. The summed E-state index contributed by atoms with van der Waals surface area (Å²) >= 11 is 3.25. The second-order valence-corrected chi connectivity index (χ2v) is 8.79. The zero-order chi connectivity index (χ0) is 17.9. The van der Waals surface area contributed by atoms with Crippen LogP contribution in [0.1, 0.15) is 31.4 Å². The topological polar surface area (TPSA) is 53.5 Å². The molecule has 3 heterocycles. The highest BCUT2D eigenvalue weighted by Gasteiger charge is 2.30. The summed E-state index contributed by atoms with van der Waals surface area (Å²) in [5.41, 5.74) is 0.841. The van der Waals surface area contributed by atoms with Gasteiger partial charge in [0, 0.05) is 37.5 Å². The van der Waals surface area contributed by atoms with Crippen molar-refractivity contribution in [3.63, 3.8) is 0 Å². The third kappa shape index (κ3) is 3.83. The largest absolute Gasteiger partial charge is 0.339 e. The zero-order valence-corrected chi connectivity index (χ0v) is 16.4. The Balaban J connectivity index is 1.29. The number of thiophene rings is 1. The lowest BCUT2D eigenvalue weighted by Gasteiger charge is -2.36. The summed E-state index contributed by atoms with van der Waals surface area (Å²) in [5.74, 6) is 0.638. The molecule has 4 rings (SSSR count). The van der Waals surface area contributed by atoms with E-state index in [0.717, 1.165) is 28.4 Å². The predicted octanol–water partition coefficient (Wildman–Crippen LogP) is 3.28. The van der Waals surface area contributed by atoms with Gasteiger partial charge in [0.05, 0.1) is 17.0 Å². The van der Waals surface area contributed by atoms with Gasteiger partial charge >= 0.3 is 0 Å². The highest BCUT2D eigenvalue weighted by atomic mass is 32.1. The van der Waals surface area contributed by atoms with E-state index in [1.54, 1.807) is 22.7 Å². The second kappa shape index (κ2) is 7.88. The van der Waals surface area contributed by atoms with Gasteiger partial charge in [-0.15, -0.1) is 22.7 Å². The molecule has 1 saturated carbocycles. The van der Waals surface area contributed by atoms with E-state index >= 15 is 0 Å². The minimum atomic E-state index is 0.112. The highest BCUT2D eigenvalue weighted by molar-refractivity contribution is 7.20. The van der Waals surface area contributed by atoms with Gasteiger partial charge in [0.2, 0.25) is 11.8 Å². The first-order chi connectivity index (χ1) is 12.7. The Hall–Kier alpha value is -1.73. The average Bonchev–Trinajstić information content (AvgIpc) is 3.42. The van der Waals surface area contributed by atoms with E-state index < -0.39 is 0 Å². The molecule has 0 radical (unpaired) electrons. The normalized spacial score (nSPS) is 18.5. The van der Waals surface area contributed by atoms with Crippen molar-refractivity contribution in [1.82, 2.24) is 14.8 Å². The van der Waals surface area contributed by atoms with Crippen molar-refractivity contribution < 1.29 is 9.59 Å². The van der Waals surface area contributed by atoms with Crippen molar-refractivity contribution in [2.75, 3.05) is 26.2 Å². The average molecular weight is 390 g/mol. The van der Waals surface area contributed by atoms with Gasteiger partial charge in [-0.1, -0.05) is 18.9 Å². The van der Waals surface area contributed by atoms with Crippen LogP contribution in [0.5, 0.6) is 0 Å². The second-order valence-electron chi connectivity index (χ2n) is 6.99. The molecule has 7 heteroatoms. The monoisotopic (exact) mass is 389 g/mol. The SMILES string of the molecule is O=C(Cc1csc(-c2cccs2)n1)N1CCN(C(=O)C2CCCC2)CC1. The number of amides is 2. The predicted molar refractivity (Wildman–Crippen MR) is 104 cm³/mol. The van der Waals surface area contributed by atoms with Crippen LogP contribution >= 0.6 is 22.7 Å². The van der Waals surface area contributed by atoms with Gasteiger partial charge < -0.3 is 9.80 Å². The lowest BCUT2D eigenvalue weighted by Crippen LogP contribution is -2.52. The number of nitrogens with zero attached hydrogens (tertiary/aromatic N) is 3. The minimum absolute atomic E-state index is 0.112. The van der Waals surface area contributed by atoms with E-state index in [2.05, 4.69) is 11.1 Å². The maximum absolute atomic E-state index is 12.6. The van der Waals surface area contributed by atoms with E-state index in [4.69, 9.17) is 0 Å². The van der Waals surface area contributed by atoms with Crippen LogP contribution in [0.25, 0.3) is 9.88 Å². The molecule has 0 atom stereocenters. The van der Waals surface area contributed by atoms with Crippen LogP contribution in [0.3, 0.4) is 0 Å². The van der Waals surface area contributed by atoms with Crippen LogP contribution in [-0.2, 0) is 16.0 Å². The van der Waals surface area contributed by atoms with Gasteiger partial charge in [-0.25, -0.2) is 4.98 Å². The number of aromatic nitrogens is 1. The molecule has 0 spiro atoms. The van der Waals surface area contributed by atoms with Crippen LogP contribution in [0.15, 0.2) is 22.9 Å². The van der Waals surface area contributed by atoms with Crippen molar-refractivity contribution in [1.29, 1.82) is 0 Å². The molecule has 1 aliphatic carbocycles. The quantitative estimate of drug-likeness (QED) is 0.806. The number of hydrogen-bond donors (Lipinski definition) is 0. The number of hydrogen-bond acceptors (Lipinski definition) is 5. The molecule has 5 nitrogen and oxygen atoms in total. The molecule has 0 unspecified atom stereocenters. The van der Waals surface area contributed by atoms with E-state index in [1.165, 1.54) is 12.8 Å². The van der Waals surface area contributed by atoms with Gasteiger partial charge in [0.15, 0.2) is 0 Å². The summed E-state index contributed by atoms with van der Waals surface area (Å²) in [5, 5.41) is 5.00. The summed E-state index contributed by atoms with van der Waals surface area (Å²) < 4.78 is 0. The number of rotatable bonds is 4. The molecule has 138 valence electrons. The smallest absolute Gasteiger partial charge is 0.228 e. The van der Waals surface area contributed by atoms with Crippen molar-refractivity contribution in [2.45, 2.75) is 32.1 Å². The maximum Gasteiger partial charge on any atom is 0.228 e. The Kier molecular flexibility index (Phi) is 5.36. The lowest BCUT2D eigenvalue weighted by molar-refractivity contribution is -0.141. The molecule has 2 amide bonds. The Labute approximate surface area is 161 Å². The molecule has 2 aromatic rings. The summed E-state index contributed by atoms with van der Waals surface area (Å²) in [7, 11) is 0. The Bertz CT molecular complexity index is 758. The highest BCUT2D eigenvalue weighted by Crippen LogP contribution is 2.28. The minimum Gasteiger partial charge on any atom is -0.339 e. The molecule has 2 aromatic heterocycles. The summed E-state index contributed by atoms with van der Waals surface area (Å²) in [6.45, 7) is 2.61. The summed E-state index contributed by atoms with van der Waals surface area (Å²) in [6.07, 6.45) is 4.77. The molecule has 2 aliphatic rings. The van der Waals surface area contributed by atoms with Crippen LogP contribution in [0, 0.1) is 5.92 Å². The number of carbonyl (C=O) groups is 2. The number of carbonyl (C=O) groups excluding carboxylic acids is 2. The first kappa shape index (κ1) is 17.7. The summed E-state index contributed by atoms with van der Waals surface area (Å²) in [6, 6.07) is 4.06. The Morgan fingerprint density at radius 1 is 1.08 bits per heavy atom. The molecule has 1 aliphatic heterocycles. The fraction of sp³-hybridized carbons (Fsp3) is 0.526. The number of piperazine rings is 1. The maximum atomic E-state index is 12.6. The van der Waals surface area contributed by atoms with Gasteiger partial charge in [0.25, 0.3) is 0 Å². The van der Waals surface area contributed by atoms with Crippen molar-refractivity contribution in [2.24, 2.45) is 5.92 Å². The van der Waals surface area contributed by atoms with E-state index in [9.17, 15) is 9.59 Å². The van der Waals surface area contributed by atoms with Gasteiger partial charge in [-0.3, -0.25) is 9.59 Å². The third-order valence-electron chi connectivity index (χ3n) is 5.26. The van der Waals surface area contributed by atoms with Crippen molar-refractivity contribution in [3.8, 4) is 9.88 Å². The molecule has 2 fully saturated rings. The van der Waals surface area contributed by atoms with Gasteiger partial charge in [0.1, 0.15) is 5.01 Å². The first-order valence-electron chi connectivity index (χ1n) is 9.25. The summed E-state index contributed by atoms with van der Waals surface area (Å²) in [4.78, 5) is 34.7. The molecule has 0 N–H and O–H groups in total. The zero-order valence-electron chi connectivity index (χ0n) is 14.7. The van der Waals surface area contributed by atoms with Crippen LogP contribution in [-0.4, -0.2) is 52.8 Å². The first-order valence-corrected chi connectivity index (χ1v) is 11.0. The van der Waals surface area contributed by atoms with E-state index in [-0.39, 0.29) is 11.8 Å². The van der Waals surface area contributed by atoms with E-state index in [1.807, 2.05) is 26.6 Å². The molecule has 1 saturated heterocycles. The van der Waals surface area contributed by atoms with E-state index in [0.29, 0.717) is 38.5 Å². The van der Waals surface area contributed by atoms with Crippen LogP contribution in [0.2, 0.25) is 0 Å².